The molecular formula is C26H31N5O. The number of aliphatic hydroxyl groups is 1. The van der Waals surface area contributed by atoms with Gasteiger partial charge >= 0.3 is 0 Å². The lowest BCUT2D eigenvalue weighted by atomic mass is 9.75. The standard InChI is InChI=1S/C26H31N5O/c1-20-5-4-6-24(29-20)15-26(19-32)11-13-30(14-12-26)18-25-16-28-21(2)31(25)17-22-7-9-23(27-3)10-8-22/h4-10,16,32H,11-15,17-19H2,1-2H3. The smallest absolute Gasteiger partial charge is 0.187 e. The summed E-state index contributed by atoms with van der Waals surface area (Å²) in [6.07, 6.45) is 4.73. The molecule has 1 saturated heterocycles. The Balaban J connectivity index is 1.40. The maximum atomic E-state index is 10.2. The molecule has 0 amide bonds. The van der Waals surface area contributed by atoms with Crippen molar-refractivity contribution in [2.24, 2.45) is 5.41 Å². The minimum atomic E-state index is -0.0852. The van der Waals surface area contributed by atoms with E-state index < -0.39 is 0 Å². The highest BCUT2D eigenvalue weighted by Crippen LogP contribution is 2.35. The number of rotatable bonds is 7. The van der Waals surface area contributed by atoms with Crippen LogP contribution in [0.25, 0.3) is 4.85 Å². The van der Waals surface area contributed by atoms with Gasteiger partial charge in [-0.05, 0) is 63.9 Å². The van der Waals surface area contributed by atoms with E-state index in [1.807, 2.05) is 50.4 Å². The van der Waals surface area contributed by atoms with E-state index in [1.54, 1.807) is 0 Å². The molecule has 4 rings (SSSR count). The fourth-order valence-corrected chi connectivity index (χ4v) is 4.60. The van der Waals surface area contributed by atoms with Crippen molar-refractivity contribution in [3.63, 3.8) is 0 Å². The summed E-state index contributed by atoms with van der Waals surface area (Å²) in [6, 6.07) is 13.9. The van der Waals surface area contributed by atoms with Gasteiger partial charge in [-0.1, -0.05) is 30.3 Å². The molecule has 0 radical (unpaired) electrons. The second-order valence-corrected chi connectivity index (χ2v) is 9.04. The molecule has 1 aromatic carbocycles. The fourth-order valence-electron chi connectivity index (χ4n) is 4.60. The van der Waals surface area contributed by atoms with Gasteiger partial charge in [0.1, 0.15) is 5.82 Å². The maximum Gasteiger partial charge on any atom is 0.187 e. The van der Waals surface area contributed by atoms with Crippen LogP contribution < -0.4 is 0 Å². The number of imidazole rings is 1. The van der Waals surface area contributed by atoms with Crippen molar-refractivity contribution < 1.29 is 5.11 Å². The second-order valence-electron chi connectivity index (χ2n) is 9.04. The largest absolute Gasteiger partial charge is 0.396 e. The number of benzene rings is 1. The number of aryl methyl sites for hydroxylation is 2. The molecule has 0 saturated carbocycles. The molecule has 6 heteroatoms. The Morgan fingerprint density at radius 3 is 2.47 bits per heavy atom. The van der Waals surface area contributed by atoms with Gasteiger partial charge in [0.15, 0.2) is 5.69 Å². The summed E-state index contributed by atoms with van der Waals surface area (Å²) in [7, 11) is 0. The maximum absolute atomic E-state index is 10.2. The molecule has 2 aromatic heterocycles. The molecule has 1 aliphatic rings. The van der Waals surface area contributed by atoms with Crippen LogP contribution in [-0.4, -0.2) is 44.2 Å². The van der Waals surface area contributed by atoms with Gasteiger partial charge < -0.3 is 9.67 Å². The van der Waals surface area contributed by atoms with Crippen LogP contribution in [0.3, 0.4) is 0 Å². The summed E-state index contributed by atoms with van der Waals surface area (Å²) in [5.74, 6) is 1.00. The molecule has 0 spiro atoms. The van der Waals surface area contributed by atoms with Gasteiger partial charge in [0, 0.05) is 42.7 Å². The van der Waals surface area contributed by atoms with Crippen molar-refractivity contribution in [1.29, 1.82) is 0 Å². The lowest BCUT2D eigenvalue weighted by molar-refractivity contribution is 0.0398. The number of aliphatic hydroxyl groups excluding tert-OH is 1. The first-order valence-corrected chi connectivity index (χ1v) is 11.2. The van der Waals surface area contributed by atoms with Crippen molar-refractivity contribution in [3.8, 4) is 0 Å². The first-order valence-electron chi connectivity index (χ1n) is 11.2. The summed E-state index contributed by atoms with van der Waals surface area (Å²) in [5.41, 5.74) is 5.05. The van der Waals surface area contributed by atoms with Crippen molar-refractivity contribution in [2.45, 2.75) is 46.2 Å². The zero-order valence-corrected chi connectivity index (χ0v) is 19.0. The SMILES string of the molecule is [C-]#[N+]c1ccc(Cn2c(CN3CCC(CO)(Cc4cccc(C)n4)CC3)cnc2C)cc1. The predicted molar refractivity (Wildman–Crippen MR) is 125 cm³/mol. The molecule has 1 N–H and O–H groups in total. The van der Waals surface area contributed by atoms with E-state index in [0.717, 1.165) is 62.7 Å². The second kappa shape index (κ2) is 9.64. The molecule has 6 nitrogen and oxygen atoms in total. The third-order valence-corrected chi connectivity index (χ3v) is 6.68. The van der Waals surface area contributed by atoms with Crippen molar-refractivity contribution in [2.75, 3.05) is 19.7 Å². The number of nitrogens with zero attached hydrogens (tertiary/aromatic N) is 5. The molecule has 0 atom stereocenters. The van der Waals surface area contributed by atoms with Crippen LogP contribution in [0.5, 0.6) is 0 Å². The first-order chi connectivity index (χ1) is 15.5. The van der Waals surface area contributed by atoms with E-state index in [-0.39, 0.29) is 12.0 Å². The van der Waals surface area contributed by atoms with Gasteiger partial charge in [-0.25, -0.2) is 9.83 Å². The lowest BCUT2D eigenvalue weighted by Crippen LogP contribution is -2.43. The number of likely N-dealkylation sites (tertiary alicyclic amines) is 1. The molecule has 1 fully saturated rings. The van der Waals surface area contributed by atoms with Gasteiger partial charge in [0.05, 0.1) is 12.3 Å². The monoisotopic (exact) mass is 429 g/mol. The molecular weight excluding hydrogens is 398 g/mol. The number of hydrogen-bond donors (Lipinski definition) is 1. The summed E-state index contributed by atoms with van der Waals surface area (Å²) >= 11 is 0. The highest BCUT2D eigenvalue weighted by atomic mass is 16.3. The highest BCUT2D eigenvalue weighted by Gasteiger charge is 2.35. The summed E-state index contributed by atoms with van der Waals surface area (Å²) < 4.78 is 2.26. The fraction of sp³-hybridized carbons (Fsp3) is 0.423. The third kappa shape index (κ3) is 5.07. The molecule has 0 aliphatic carbocycles. The Bertz CT molecular complexity index is 1090. The molecule has 0 bridgehead atoms. The highest BCUT2D eigenvalue weighted by molar-refractivity contribution is 5.45. The summed E-state index contributed by atoms with van der Waals surface area (Å²) in [4.78, 5) is 15.2. The van der Waals surface area contributed by atoms with Gasteiger partial charge in [0.2, 0.25) is 0 Å². The molecule has 0 unspecified atom stereocenters. The third-order valence-electron chi connectivity index (χ3n) is 6.68. The topological polar surface area (TPSA) is 58.5 Å². The zero-order chi connectivity index (χ0) is 22.6. The molecule has 1 aliphatic heterocycles. The van der Waals surface area contributed by atoms with Crippen LogP contribution in [0.15, 0.2) is 48.7 Å². The molecule has 32 heavy (non-hydrogen) atoms. The van der Waals surface area contributed by atoms with Crippen molar-refractivity contribution in [1.82, 2.24) is 19.4 Å². The molecule has 3 aromatic rings. The number of hydrogen-bond acceptors (Lipinski definition) is 4. The Labute approximate surface area is 190 Å². The van der Waals surface area contributed by atoms with Crippen molar-refractivity contribution >= 4 is 5.69 Å². The Hall–Kier alpha value is -3.01. The average Bonchev–Trinajstić information content (AvgIpc) is 3.14. The van der Waals surface area contributed by atoms with E-state index in [0.29, 0.717) is 5.69 Å². The zero-order valence-electron chi connectivity index (χ0n) is 19.0. The van der Waals surface area contributed by atoms with Crippen LogP contribution >= 0.6 is 0 Å². The Morgan fingerprint density at radius 1 is 1.06 bits per heavy atom. The van der Waals surface area contributed by atoms with Crippen LogP contribution in [0, 0.1) is 25.8 Å². The average molecular weight is 430 g/mol. The summed E-state index contributed by atoms with van der Waals surface area (Å²) in [6.45, 7) is 14.9. The van der Waals surface area contributed by atoms with E-state index in [1.165, 1.54) is 11.3 Å². The van der Waals surface area contributed by atoms with Crippen molar-refractivity contribution in [3.05, 3.63) is 88.5 Å². The Morgan fingerprint density at radius 2 is 1.81 bits per heavy atom. The lowest BCUT2D eigenvalue weighted by Gasteiger charge is -2.40. The van der Waals surface area contributed by atoms with Gasteiger partial charge in [-0.3, -0.25) is 9.88 Å². The van der Waals surface area contributed by atoms with E-state index >= 15 is 0 Å². The summed E-state index contributed by atoms with van der Waals surface area (Å²) in [5, 5.41) is 10.2. The predicted octanol–water partition coefficient (Wildman–Crippen LogP) is 4.31. The quantitative estimate of drug-likeness (QED) is 0.569. The van der Waals surface area contributed by atoms with E-state index in [4.69, 9.17) is 6.57 Å². The molecule has 3 heterocycles. The van der Waals surface area contributed by atoms with Gasteiger partial charge in [-0.2, -0.15) is 0 Å². The van der Waals surface area contributed by atoms with E-state index in [9.17, 15) is 5.11 Å². The number of aromatic nitrogens is 3. The minimum Gasteiger partial charge on any atom is -0.396 e. The normalized spacial score (nSPS) is 16.1. The number of piperidine rings is 1. The van der Waals surface area contributed by atoms with Gasteiger partial charge in [-0.15, -0.1) is 0 Å². The van der Waals surface area contributed by atoms with Gasteiger partial charge in [0.25, 0.3) is 0 Å². The van der Waals surface area contributed by atoms with Crippen LogP contribution in [0.4, 0.5) is 5.69 Å². The van der Waals surface area contributed by atoms with Crippen LogP contribution in [0.2, 0.25) is 0 Å². The number of pyridine rings is 1. The first kappa shape index (κ1) is 22.2. The Kier molecular flexibility index (Phi) is 6.69. The van der Waals surface area contributed by atoms with Crippen LogP contribution in [0.1, 0.15) is 41.3 Å². The van der Waals surface area contributed by atoms with Crippen LogP contribution in [-0.2, 0) is 19.5 Å². The minimum absolute atomic E-state index is 0.0852. The molecule has 166 valence electrons. The van der Waals surface area contributed by atoms with E-state index in [2.05, 4.69) is 36.4 Å².